The number of ether oxygens (including phenoxy) is 1. The van der Waals surface area contributed by atoms with Gasteiger partial charge in [0.2, 0.25) is 0 Å². The Kier molecular flexibility index (Phi) is 3.98. The maximum Gasteiger partial charge on any atom is 0.256 e. The highest BCUT2D eigenvalue weighted by molar-refractivity contribution is 6.05. The summed E-state index contributed by atoms with van der Waals surface area (Å²) in [7, 11) is 1.38. The van der Waals surface area contributed by atoms with Gasteiger partial charge in [-0.3, -0.25) is 4.79 Å². The standard InChI is InChI=1S/C15H13F2NO2/c1-9-7-10(16)3-5-12(9)15(19)18-13-6-4-11(17)8-14(13)20-2/h3-8H,1-2H3,(H,18,19). The van der Waals surface area contributed by atoms with E-state index in [2.05, 4.69) is 5.32 Å². The van der Waals surface area contributed by atoms with Crippen LogP contribution in [0.15, 0.2) is 36.4 Å². The van der Waals surface area contributed by atoms with Crippen LogP contribution >= 0.6 is 0 Å². The molecule has 0 fully saturated rings. The van der Waals surface area contributed by atoms with Crippen LogP contribution in [0.2, 0.25) is 0 Å². The van der Waals surface area contributed by atoms with Gasteiger partial charge in [-0.15, -0.1) is 0 Å². The largest absolute Gasteiger partial charge is 0.494 e. The fourth-order valence-corrected chi connectivity index (χ4v) is 1.84. The van der Waals surface area contributed by atoms with Gasteiger partial charge in [0.05, 0.1) is 12.8 Å². The van der Waals surface area contributed by atoms with Crippen LogP contribution in [0.3, 0.4) is 0 Å². The molecule has 2 aromatic carbocycles. The van der Waals surface area contributed by atoms with E-state index in [0.717, 1.165) is 0 Å². The number of methoxy groups -OCH3 is 1. The Bertz CT molecular complexity index is 656. The van der Waals surface area contributed by atoms with Gasteiger partial charge < -0.3 is 10.1 Å². The summed E-state index contributed by atoms with van der Waals surface area (Å²) >= 11 is 0. The number of carbonyl (C=O) groups is 1. The Morgan fingerprint density at radius 3 is 2.40 bits per heavy atom. The van der Waals surface area contributed by atoms with Crippen molar-refractivity contribution in [2.45, 2.75) is 6.92 Å². The first-order valence-electron chi connectivity index (χ1n) is 5.92. The average Bonchev–Trinajstić information content (AvgIpc) is 2.40. The van der Waals surface area contributed by atoms with E-state index in [-0.39, 0.29) is 5.75 Å². The second-order valence-corrected chi connectivity index (χ2v) is 4.26. The van der Waals surface area contributed by atoms with Crippen LogP contribution < -0.4 is 10.1 Å². The van der Waals surface area contributed by atoms with Gasteiger partial charge in [0.1, 0.15) is 17.4 Å². The van der Waals surface area contributed by atoms with E-state index in [1.165, 1.54) is 43.5 Å². The predicted octanol–water partition coefficient (Wildman–Crippen LogP) is 3.53. The molecule has 0 radical (unpaired) electrons. The lowest BCUT2D eigenvalue weighted by Gasteiger charge is -2.11. The summed E-state index contributed by atoms with van der Waals surface area (Å²) in [5, 5.41) is 2.61. The smallest absolute Gasteiger partial charge is 0.256 e. The molecule has 0 aliphatic carbocycles. The number of carbonyl (C=O) groups excluding carboxylic acids is 1. The molecule has 0 bridgehead atoms. The third-order valence-corrected chi connectivity index (χ3v) is 2.84. The maximum atomic E-state index is 13.1. The molecule has 5 heteroatoms. The van der Waals surface area contributed by atoms with Crippen LogP contribution in [0.1, 0.15) is 15.9 Å². The average molecular weight is 277 g/mol. The van der Waals surface area contributed by atoms with Crippen molar-refractivity contribution in [3.8, 4) is 5.75 Å². The zero-order chi connectivity index (χ0) is 14.7. The Hall–Kier alpha value is -2.43. The van der Waals surface area contributed by atoms with Gasteiger partial charge in [0.15, 0.2) is 0 Å². The summed E-state index contributed by atoms with van der Waals surface area (Å²) in [6.07, 6.45) is 0. The molecule has 0 unspecified atom stereocenters. The lowest BCUT2D eigenvalue weighted by atomic mass is 10.1. The summed E-state index contributed by atoms with van der Waals surface area (Å²) in [6, 6.07) is 7.68. The molecule has 2 aromatic rings. The second-order valence-electron chi connectivity index (χ2n) is 4.26. The van der Waals surface area contributed by atoms with Crippen LogP contribution in [0.25, 0.3) is 0 Å². The summed E-state index contributed by atoms with van der Waals surface area (Å²) in [5.74, 6) is -1.05. The molecule has 2 rings (SSSR count). The van der Waals surface area contributed by atoms with Crippen molar-refractivity contribution in [2.75, 3.05) is 12.4 Å². The molecule has 0 aliphatic heterocycles. The zero-order valence-corrected chi connectivity index (χ0v) is 11.0. The van der Waals surface area contributed by atoms with Crippen LogP contribution in [0.5, 0.6) is 5.75 Å². The first-order chi connectivity index (χ1) is 9.51. The molecule has 0 heterocycles. The molecule has 104 valence electrons. The molecule has 3 nitrogen and oxygen atoms in total. The number of benzene rings is 2. The van der Waals surface area contributed by atoms with Crippen LogP contribution in [0.4, 0.5) is 14.5 Å². The molecule has 0 saturated carbocycles. The molecule has 1 N–H and O–H groups in total. The van der Waals surface area contributed by atoms with E-state index < -0.39 is 17.5 Å². The second kappa shape index (κ2) is 5.69. The topological polar surface area (TPSA) is 38.3 Å². The minimum atomic E-state index is -0.460. The molecule has 0 aliphatic rings. The summed E-state index contributed by atoms with van der Waals surface area (Å²) in [6.45, 7) is 1.64. The molecule has 0 aromatic heterocycles. The molecular formula is C15H13F2NO2. The lowest BCUT2D eigenvalue weighted by molar-refractivity contribution is 0.102. The van der Waals surface area contributed by atoms with E-state index in [1.54, 1.807) is 6.92 Å². The third kappa shape index (κ3) is 2.93. The third-order valence-electron chi connectivity index (χ3n) is 2.84. The molecule has 0 spiro atoms. The van der Waals surface area contributed by atoms with Gasteiger partial charge in [-0.25, -0.2) is 8.78 Å². The van der Waals surface area contributed by atoms with Crippen molar-refractivity contribution < 1.29 is 18.3 Å². The molecule has 0 atom stereocenters. The Morgan fingerprint density at radius 2 is 1.75 bits per heavy atom. The summed E-state index contributed by atoms with van der Waals surface area (Å²) < 4.78 is 31.1. The lowest BCUT2D eigenvalue weighted by Crippen LogP contribution is -2.14. The van der Waals surface area contributed by atoms with Gasteiger partial charge in [-0.1, -0.05) is 0 Å². The SMILES string of the molecule is COc1cc(F)ccc1NC(=O)c1ccc(F)cc1C. The number of anilines is 1. The number of rotatable bonds is 3. The van der Waals surface area contributed by atoms with Crippen molar-refractivity contribution in [3.63, 3.8) is 0 Å². The van der Waals surface area contributed by atoms with Gasteiger partial charge in [-0.2, -0.15) is 0 Å². The quantitative estimate of drug-likeness (QED) is 0.932. The fourth-order valence-electron chi connectivity index (χ4n) is 1.84. The number of hydrogen-bond acceptors (Lipinski definition) is 2. The normalized spacial score (nSPS) is 10.2. The van der Waals surface area contributed by atoms with Crippen LogP contribution in [0, 0.1) is 18.6 Å². The van der Waals surface area contributed by atoms with Crippen LogP contribution in [-0.2, 0) is 0 Å². The first kappa shape index (κ1) is 14.0. The van der Waals surface area contributed by atoms with Crippen molar-refractivity contribution >= 4 is 11.6 Å². The van der Waals surface area contributed by atoms with Gasteiger partial charge >= 0.3 is 0 Å². The number of nitrogens with one attached hydrogen (secondary N) is 1. The predicted molar refractivity (Wildman–Crippen MR) is 72.0 cm³/mol. The molecule has 20 heavy (non-hydrogen) atoms. The highest BCUT2D eigenvalue weighted by Crippen LogP contribution is 2.25. The van der Waals surface area contributed by atoms with Crippen molar-refractivity contribution in [3.05, 3.63) is 59.2 Å². The van der Waals surface area contributed by atoms with Crippen LogP contribution in [-0.4, -0.2) is 13.0 Å². The number of halogens is 2. The minimum Gasteiger partial charge on any atom is -0.494 e. The Labute approximate surface area is 115 Å². The summed E-state index contributed by atoms with van der Waals surface area (Å²) in [4.78, 5) is 12.1. The van der Waals surface area contributed by atoms with Gasteiger partial charge in [0.25, 0.3) is 5.91 Å². The highest BCUT2D eigenvalue weighted by atomic mass is 19.1. The molecule has 0 saturated heterocycles. The van der Waals surface area contributed by atoms with E-state index in [4.69, 9.17) is 4.74 Å². The maximum absolute atomic E-state index is 13.1. The summed E-state index contributed by atoms with van der Waals surface area (Å²) in [5.41, 5.74) is 1.21. The van der Waals surface area contributed by atoms with Gasteiger partial charge in [0, 0.05) is 11.6 Å². The zero-order valence-electron chi connectivity index (χ0n) is 11.0. The van der Waals surface area contributed by atoms with Crippen molar-refractivity contribution in [2.24, 2.45) is 0 Å². The number of hydrogen-bond donors (Lipinski definition) is 1. The Morgan fingerprint density at radius 1 is 1.10 bits per heavy atom. The van der Waals surface area contributed by atoms with Gasteiger partial charge in [-0.05, 0) is 42.8 Å². The number of aryl methyl sites for hydroxylation is 1. The molecule has 1 amide bonds. The van der Waals surface area contributed by atoms with E-state index in [1.807, 2.05) is 0 Å². The van der Waals surface area contributed by atoms with Crippen molar-refractivity contribution in [1.29, 1.82) is 0 Å². The fraction of sp³-hybridized carbons (Fsp3) is 0.133. The highest BCUT2D eigenvalue weighted by Gasteiger charge is 2.13. The monoisotopic (exact) mass is 277 g/mol. The van der Waals surface area contributed by atoms with E-state index >= 15 is 0 Å². The van der Waals surface area contributed by atoms with Crippen molar-refractivity contribution in [1.82, 2.24) is 0 Å². The minimum absolute atomic E-state index is 0.220. The van der Waals surface area contributed by atoms with E-state index in [0.29, 0.717) is 16.8 Å². The van der Waals surface area contributed by atoms with E-state index in [9.17, 15) is 13.6 Å². The first-order valence-corrected chi connectivity index (χ1v) is 5.92. The molecular weight excluding hydrogens is 264 g/mol. The Balaban J connectivity index is 2.28. The number of amides is 1.